The van der Waals surface area contributed by atoms with Gasteiger partial charge >= 0.3 is 5.63 Å². The topological polar surface area (TPSA) is 70.2 Å². The quantitative estimate of drug-likeness (QED) is 0.185. The molecule has 8 heteroatoms. The van der Waals surface area contributed by atoms with Crippen molar-refractivity contribution < 1.29 is 9.15 Å². The minimum Gasteiger partial charge on any atom is -0.486 e. The molecule has 1 aliphatic carbocycles. The molecule has 2 heterocycles. The number of nitrogens with zero attached hydrogens (tertiary/aromatic N) is 3. The molecule has 0 bridgehead atoms. The fraction of sp³-hybridized carbons (Fsp3) is 0.179. The summed E-state index contributed by atoms with van der Waals surface area (Å²) in [6, 6.07) is 23.0. The fourth-order valence-corrected chi connectivity index (χ4v) is 5.65. The number of benzene rings is 3. The van der Waals surface area contributed by atoms with E-state index in [1.54, 1.807) is 18.2 Å². The van der Waals surface area contributed by atoms with E-state index < -0.39 is 0 Å². The molecular weight excluding hydrogens is 494 g/mol. The molecule has 36 heavy (non-hydrogen) atoms. The van der Waals surface area contributed by atoms with E-state index in [1.807, 2.05) is 53.1 Å². The second kappa shape index (κ2) is 9.84. The van der Waals surface area contributed by atoms with E-state index >= 15 is 0 Å². The minimum absolute atomic E-state index is 0.244. The summed E-state index contributed by atoms with van der Waals surface area (Å²) in [7, 11) is 0. The number of ether oxygens (including phenoxy) is 1. The van der Waals surface area contributed by atoms with Crippen molar-refractivity contribution in [2.45, 2.75) is 36.8 Å². The lowest BCUT2D eigenvalue weighted by Crippen LogP contribution is -2.07. The fourth-order valence-electron chi connectivity index (χ4n) is 4.56. The molecule has 0 aliphatic heterocycles. The highest BCUT2D eigenvalue weighted by molar-refractivity contribution is 7.98. The van der Waals surface area contributed by atoms with Gasteiger partial charge in [0, 0.05) is 27.9 Å². The van der Waals surface area contributed by atoms with Crippen LogP contribution in [0.5, 0.6) is 5.75 Å². The molecule has 0 spiro atoms. The van der Waals surface area contributed by atoms with E-state index in [0.29, 0.717) is 27.9 Å². The molecule has 0 radical (unpaired) electrons. The Morgan fingerprint density at radius 2 is 1.75 bits per heavy atom. The molecular formula is C28H22ClN3O3S. The number of rotatable bonds is 7. The Hall–Kier alpha value is -3.55. The number of fused-ring (bicyclic) bond motifs is 2. The third-order valence-corrected chi connectivity index (χ3v) is 7.53. The SMILES string of the molecule is O=c1cc(CSc2nnc(COc3ccc(Cl)cc3)n2-c2ccccc2)c2cc3c(cc2o1)CCC3. The van der Waals surface area contributed by atoms with Crippen LogP contribution < -0.4 is 10.4 Å². The number of thioether (sulfide) groups is 1. The number of halogens is 1. The number of aryl methyl sites for hydroxylation is 2. The summed E-state index contributed by atoms with van der Waals surface area (Å²) in [6.45, 7) is 0.244. The van der Waals surface area contributed by atoms with Crippen molar-refractivity contribution in [3.05, 3.63) is 111 Å². The van der Waals surface area contributed by atoms with Crippen molar-refractivity contribution in [2.24, 2.45) is 0 Å². The molecule has 0 fully saturated rings. The van der Waals surface area contributed by atoms with Crippen LogP contribution in [-0.2, 0) is 25.2 Å². The Morgan fingerprint density at radius 1 is 0.972 bits per heavy atom. The molecule has 0 saturated carbocycles. The van der Waals surface area contributed by atoms with Gasteiger partial charge in [-0.05, 0) is 84.5 Å². The molecule has 6 nitrogen and oxygen atoms in total. The lowest BCUT2D eigenvalue weighted by Gasteiger charge is -2.12. The number of aromatic nitrogens is 3. The zero-order chi connectivity index (χ0) is 24.5. The van der Waals surface area contributed by atoms with Gasteiger partial charge in [0.2, 0.25) is 0 Å². The molecule has 3 aromatic carbocycles. The maximum Gasteiger partial charge on any atom is 0.336 e. The van der Waals surface area contributed by atoms with Gasteiger partial charge in [0.15, 0.2) is 11.0 Å². The summed E-state index contributed by atoms with van der Waals surface area (Å²) in [4.78, 5) is 12.3. The van der Waals surface area contributed by atoms with Gasteiger partial charge in [-0.1, -0.05) is 41.6 Å². The molecule has 0 saturated heterocycles. The lowest BCUT2D eigenvalue weighted by atomic mass is 10.0. The van der Waals surface area contributed by atoms with Crippen LogP contribution in [-0.4, -0.2) is 14.8 Å². The van der Waals surface area contributed by atoms with Crippen LogP contribution in [0.25, 0.3) is 16.7 Å². The second-order valence-electron chi connectivity index (χ2n) is 8.66. The summed E-state index contributed by atoms with van der Waals surface area (Å²) >= 11 is 7.52. The maximum atomic E-state index is 12.3. The van der Waals surface area contributed by atoms with E-state index in [2.05, 4.69) is 16.3 Å². The Labute approximate surface area is 216 Å². The number of hydrogen-bond donors (Lipinski definition) is 0. The standard InChI is InChI=1S/C28H22ClN3O3S/c29-21-9-11-23(12-10-21)34-16-26-30-31-28(32(26)22-7-2-1-3-8-22)36-17-20-15-27(33)35-25-14-19-6-4-5-18(19)13-24(20)25/h1-3,7-15H,4-6,16-17H2. The number of hydrogen-bond acceptors (Lipinski definition) is 6. The summed E-state index contributed by atoms with van der Waals surface area (Å²) in [5, 5.41) is 11.3. The van der Waals surface area contributed by atoms with Gasteiger partial charge in [0.1, 0.15) is 17.9 Å². The molecule has 5 aromatic rings. The molecule has 2 aromatic heterocycles. The van der Waals surface area contributed by atoms with Crippen LogP contribution in [0, 0.1) is 0 Å². The Kier molecular flexibility index (Phi) is 6.25. The van der Waals surface area contributed by atoms with Crippen molar-refractivity contribution >= 4 is 34.3 Å². The lowest BCUT2D eigenvalue weighted by molar-refractivity contribution is 0.293. The zero-order valence-corrected chi connectivity index (χ0v) is 20.9. The molecule has 0 N–H and O–H groups in total. The highest BCUT2D eigenvalue weighted by atomic mass is 35.5. The van der Waals surface area contributed by atoms with E-state index in [1.165, 1.54) is 22.9 Å². The first kappa shape index (κ1) is 22.9. The minimum atomic E-state index is -0.336. The largest absolute Gasteiger partial charge is 0.486 e. The smallest absolute Gasteiger partial charge is 0.336 e. The first-order valence-corrected chi connectivity index (χ1v) is 13.1. The third kappa shape index (κ3) is 4.64. The van der Waals surface area contributed by atoms with Crippen LogP contribution in [0.4, 0.5) is 0 Å². The average molecular weight is 516 g/mol. The first-order chi connectivity index (χ1) is 17.6. The molecule has 1 aliphatic rings. The highest BCUT2D eigenvalue weighted by Crippen LogP contribution is 2.32. The zero-order valence-electron chi connectivity index (χ0n) is 19.3. The molecule has 0 atom stereocenters. The first-order valence-electron chi connectivity index (χ1n) is 11.7. The molecule has 0 amide bonds. The van der Waals surface area contributed by atoms with Gasteiger partial charge in [0.25, 0.3) is 0 Å². The highest BCUT2D eigenvalue weighted by Gasteiger charge is 2.18. The van der Waals surface area contributed by atoms with Crippen molar-refractivity contribution in [1.29, 1.82) is 0 Å². The van der Waals surface area contributed by atoms with Crippen molar-refractivity contribution in [3.8, 4) is 11.4 Å². The summed E-state index contributed by atoms with van der Waals surface area (Å²) in [5.41, 5.74) is 4.82. The molecule has 180 valence electrons. The summed E-state index contributed by atoms with van der Waals surface area (Å²) in [6.07, 6.45) is 3.24. The van der Waals surface area contributed by atoms with Crippen LogP contribution >= 0.6 is 23.4 Å². The van der Waals surface area contributed by atoms with Gasteiger partial charge in [0.05, 0.1) is 0 Å². The van der Waals surface area contributed by atoms with E-state index in [-0.39, 0.29) is 12.2 Å². The average Bonchev–Trinajstić information content (AvgIpc) is 3.52. The van der Waals surface area contributed by atoms with Crippen LogP contribution in [0.2, 0.25) is 5.02 Å². The second-order valence-corrected chi connectivity index (χ2v) is 10.0. The predicted molar refractivity (Wildman–Crippen MR) is 141 cm³/mol. The van der Waals surface area contributed by atoms with Gasteiger partial charge in [-0.25, -0.2) is 4.79 Å². The van der Waals surface area contributed by atoms with E-state index in [0.717, 1.165) is 41.1 Å². The van der Waals surface area contributed by atoms with E-state index in [9.17, 15) is 4.79 Å². The normalized spacial score (nSPS) is 12.7. The van der Waals surface area contributed by atoms with Gasteiger partial charge in [-0.15, -0.1) is 10.2 Å². The van der Waals surface area contributed by atoms with Crippen molar-refractivity contribution in [2.75, 3.05) is 0 Å². The van der Waals surface area contributed by atoms with Crippen LogP contribution in [0.15, 0.2) is 87.2 Å². The van der Waals surface area contributed by atoms with Gasteiger partial charge in [-0.2, -0.15) is 0 Å². The monoisotopic (exact) mass is 515 g/mol. The van der Waals surface area contributed by atoms with Gasteiger partial charge < -0.3 is 9.15 Å². The Balaban J connectivity index is 1.31. The van der Waals surface area contributed by atoms with Crippen LogP contribution in [0.1, 0.15) is 28.9 Å². The Morgan fingerprint density at radius 3 is 2.56 bits per heavy atom. The van der Waals surface area contributed by atoms with E-state index in [4.69, 9.17) is 20.8 Å². The maximum absolute atomic E-state index is 12.3. The van der Waals surface area contributed by atoms with Crippen LogP contribution in [0.3, 0.4) is 0 Å². The van der Waals surface area contributed by atoms with Gasteiger partial charge in [-0.3, -0.25) is 4.57 Å². The molecule has 0 unspecified atom stereocenters. The van der Waals surface area contributed by atoms with Crippen molar-refractivity contribution in [1.82, 2.24) is 14.8 Å². The van der Waals surface area contributed by atoms with Crippen molar-refractivity contribution in [3.63, 3.8) is 0 Å². The number of para-hydroxylation sites is 1. The summed E-state index contributed by atoms with van der Waals surface area (Å²) < 4.78 is 13.5. The summed E-state index contributed by atoms with van der Waals surface area (Å²) in [5.74, 6) is 1.93. The molecule has 6 rings (SSSR count). The predicted octanol–water partition coefficient (Wildman–Crippen LogP) is 6.39. The third-order valence-electron chi connectivity index (χ3n) is 6.30. The Bertz CT molecular complexity index is 1600.